The first-order chi connectivity index (χ1) is 10.4. The Bertz CT molecular complexity index is 430. The first kappa shape index (κ1) is 17.6. The molecule has 0 aromatic carbocycles. The van der Waals surface area contributed by atoms with Crippen molar-refractivity contribution in [3.63, 3.8) is 0 Å². The highest BCUT2D eigenvalue weighted by Crippen LogP contribution is 2.43. The minimum atomic E-state index is -0.443. The number of piperidine rings is 1. The van der Waals surface area contributed by atoms with E-state index in [-0.39, 0.29) is 22.6 Å². The van der Waals surface area contributed by atoms with E-state index in [0.717, 1.165) is 38.1 Å². The van der Waals surface area contributed by atoms with Crippen LogP contribution in [-0.4, -0.2) is 57.9 Å². The first-order valence-corrected chi connectivity index (χ1v) is 9.38. The van der Waals surface area contributed by atoms with Crippen molar-refractivity contribution in [3.8, 4) is 0 Å². The van der Waals surface area contributed by atoms with Gasteiger partial charge in [0, 0.05) is 25.3 Å². The van der Waals surface area contributed by atoms with E-state index in [0.29, 0.717) is 13.0 Å². The molecule has 0 saturated carbocycles. The highest BCUT2D eigenvalue weighted by Gasteiger charge is 2.48. The summed E-state index contributed by atoms with van der Waals surface area (Å²) in [6.07, 6.45) is 3.39. The van der Waals surface area contributed by atoms with Crippen LogP contribution in [0.25, 0.3) is 0 Å². The van der Waals surface area contributed by atoms with E-state index in [4.69, 9.17) is 5.73 Å². The fraction of sp³-hybridized carbons (Fsp3) is 0.875. The Labute approximate surface area is 138 Å². The molecule has 22 heavy (non-hydrogen) atoms. The molecule has 0 radical (unpaired) electrons. The molecule has 2 fully saturated rings. The minimum Gasteiger partial charge on any atom is -0.338 e. The number of nitrogens with two attached hydrogens (primary N) is 1. The number of amides is 2. The van der Waals surface area contributed by atoms with Gasteiger partial charge in [0.25, 0.3) is 0 Å². The molecular weight excluding hydrogens is 298 g/mol. The van der Waals surface area contributed by atoms with Crippen molar-refractivity contribution in [1.82, 2.24) is 9.80 Å². The molecule has 0 aromatic rings. The zero-order chi connectivity index (χ0) is 16.3. The van der Waals surface area contributed by atoms with Gasteiger partial charge < -0.3 is 15.5 Å². The number of hydrogen-bond donors (Lipinski definition) is 1. The first-order valence-electron chi connectivity index (χ1n) is 8.40. The van der Waals surface area contributed by atoms with Gasteiger partial charge in [0.05, 0.1) is 12.6 Å². The molecule has 2 rings (SSSR count). The van der Waals surface area contributed by atoms with Crippen LogP contribution in [0.5, 0.6) is 0 Å². The number of rotatable bonds is 4. The fourth-order valence-electron chi connectivity index (χ4n) is 3.33. The summed E-state index contributed by atoms with van der Waals surface area (Å²) in [6, 6.07) is -0.443. The molecule has 2 aliphatic heterocycles. The third kappa shape index (κ3) is 3.43. The van der Waals surface area contributed by atoms with Crippen molar-refractivity contribution in [2.75, 3.05) is 25.4 Å². The molecule has 126 valence electrons. The summed E-state index contributed by atoms with van der Waals surface area (Å²) in [5, 5.41) is 0. The number of hydrogen-bond acceptors (Lipinski definition) is 4. The van der Waals surface area contributed by atoms with Crippen LogP contribution in [-0.2, 0) is 9.59 Å². The Hall–Kier alpha value is -0.750. The van der Waals surface area contributed by atoms with Crippen molar-refractivity contribution in [3.05, 3.63) is 0 Å². The van der Waals surface area contributed by atoms with Gasteiger partial charge in [-0.25, -0.2) is 0 Å². The van der Waals surface area contributed by atoms with Crippen LogP contribution in [0.1, 0.15) is 46.5 Å². The van der Waals surface area contributed by atoms with Crippen LogP contribution < -0.4 is 5.73 Å². The zero-order valence-electron chi connectivity index (χ0n) is 14.0. The topological polar surface area (TPSA) is 66.6 Å². The monoisotopic (exact) mass is 327 g/mol. The van der Waals surface area contributed by atoms with Crippen molar-refractivity contribution in [2.45, 2.75) is 57.4 Å². The van der Waals surface area contributed by atoms with Gasteiger partial charge in [-0.2, -0.15) is 0 Å². The van der Waals surface area contributed by atoms with E-state index in [2.05, 4.69) is 0 Å². The summed E-state index contributed by atoms with van der Waals surface area (Å²) in [7, 11) is 0. The molecule has 1 spiro atoms. The number of nitrogens with zero attached hydrogens (tertiary/aromatic N) is 2. The normalized spacial score (nSPS) is 26.8. The van der Waals surface area contributed by atoms with E-state index in [1.165, 1.54) is 0 Å². The van der Waals surface area contributed by atoms with Crippen LogP contribution in [0, 0.1) is 5.92 Å². The number of thioether (sulfide) groups is 1. The summed E-state index contributed by atoms with van der Waals surface area (Å²) in [5.41, 5.74) is 6.04. The second kappa shape index (κ2) is 7.21. The fourth-order valence-corrected chi connectivity index (χ4v) is 4.87. The van der Waals surface area contributed by atoms with Gasteiger partial charge in [-0.3, -0.25) is 9.59 Å². The van der Waals surface area contributed by atoms with Crippen LogP contribution in [0.2, 0.25) is 0 Å². The van der Waals surface area contributed by atoms with E-state index < -0.39 is 6.04 Å². The number of carbonyl (C=O) groups excluding carboxylic acids is 2. The second-order valence-corrected chi connectivity index (χ2v) is 8.18. The quantitative estimate of drug-likeness (QED) is 0.853. The van der Waals surface area contributed by atoms with Gasteiger partial charge in [-0.15, -0.1) is 11.8 Å². The zero-order valence-corrected chi connectivity index (χ0v) is 14.8. The highest BCUT2D eigenvalue weighted by atomic mass is 32.2. The molecular formula is C16H29N3O2S. The lowest BCUT2D eigenvalue weighted by Gasteiger charge is -2.45. The Balaban J connectivity index is 2.11. The lowest BCUT2D eigenvalue weighted by molar-refractivity contribution is -0.141. The summed E-state index contributed by atoms with van der Waals surface area (Å²) in [4.78, 5) is 28.7. The Morgan fingerprint density at radius 2 is 2.05 bits per heavy atom. The van der Waals surface area contributed by atoms with Gasteiger partial charge in [0.1, 0.15) is 4.87 Å². The van der Waals surface area contributed by atoms with Crippen LogP contribution >= 0.6 is 11.8 Å². The van der Waals surface area contributed by atoms with E-state index in [1.54, 1.807) is 0 Å². The van der Waals surface area contributed by atoms with Crippen LogP contribution in [0.15, 0.2) is 0 Å². The van der Waals surface area contributed by atoms with Gasteiger partial charge in [-0.05, 0) is 25.2 Å². The molecule has 0 bridgehead atoms. The lowest BCUT2D eigenvalue weighted by Crippen LogP contribution is -2.59. The summed E-state index contributed by atoms with van der Waals surface area (Å²) >= 11 is 1.84. The van der Waals surface area contributed by atoms with E-state index >= 15 is 0 Å². The van der Waals surface area contributed by atoms with Crippen molar-refractivity contribution < 1.29 is 9.59 Å². The Morgan fingerprint density at radius 1 is 1.32 bits per heavy atom. The van der Waals surface area contributed by atoms with Crippen molar-refractivity contribution >= 4 is 23.6 Å². The van der Waals surface area contributed by atoms with E-state index in [1.807, 2.05) is 42.3 Å². The molecule has 2 unspecified atom stereocenters. The molecule has 0 aliphatic carbocycles. The SMILES string of the molecule is CCCC(=O)N1CCSC12CCCN(C(=O)C(N)C(C)C)C2. The molecule has 0 aromatic heterocycles. The highest BCUT2D eigenvalue weighted by molar-refractivity contribution is 8.00. The van der Waals surface area contributed by atoms with Crippen LogP contribution in [0.3, 0.4) is 0 Å². The standard InChI is InChI=1S/C16H29N3O2S/c1-4-6-13(20)19-9-10-22-16(19)7-5-8-18(11-16)15(21)14(17)12(2)3/h12,14H,4-11,17H2,1-3H3. The maximum absolute atomic E-state index is 12.6. The Morgan fingerprint density at radius 3 is 2.68 bits per heavy atom. The Kier molecular flexibility index (Phi) is 5.77. The second-order valence-electron chi connectivity index (χ2n) is 6.72. The summed E-state index contributed by atoms with van der Waals surface area (Å²) in [6.45, 7) is 8.19. The molecule has 2 saturated heterocycles. The number of carbonyl (C=O) groups is 2. The molecule has 2 amide bonds. The lowest BCUT2D eigenvalue weighted by atomic mass is 9.99. The van der Waals surface area contributed by atoms with Gasteiger partial charge in [0.15, 0.2) is 0 Å². The van der Waals surface area contributed by atoms with Crippen molar-refractivity contribution in [1.29, 1.82) is 0 Å². The predicted octanol–water partition coefficient (Wildman–Crippen LogP) is 1.66. The molecule has 2 N–H and O–H groups in total. The maximum Gasteiger partial charge on any atom is 0.239 e. The predicted molar refractivity (Wildman–Crippen MR) is 90.4 cm³/mol. The van der Waals surface area contributed by atoms with Gasteiger partial charge in [-0.1, -0.05) is 20.8 Å². The number of likely N-dealkylation sites (tertiary alicyclic amines) is 1. The largest absolute Gasteiger partial charge is 0.338 e. The van der Waals surface area contributed by atoms with E-state index in [9.17, 15) is 9.59 Å². The average Bonchev–Trinajstić information content (AvgIpc) is 2.88. The van der Waals surface area contributed by atoms with Gasteiger partial charge in [0.2, 0.25) is 11.8 Å². The molecule has 5 nitrogen and oxygen atoms in total. The van der Waals surface area contributed by atoms with Crippen LogP contribution in [0.4, 0.5) is 0 Å². The average molecular weight is 327 g/mol. The molecule has 2 heterocycles. The van der Waals surface area contributed by atoms with Crippen molar-refractivity contribution in [2.24, 2.45) is 11.7 Å². The third-order valence-electron chi connectivity index (χ3n) is 4.69. The smallest absolute Gasteiger partial charge is 0.239 e. The summed E-state index contributed by atoms with van der Waals surface area (Å²) in [5.74, 6) is 1.37. The molecule has 6 heteroatoms. The third-order valence-corrected chi connectivity index (χ3v) is 6.17. The molecule has 2 aliphatic rings. The minimum absolute atomic E-state index is 0.0319. The molecule has 2 atom stereocenters. The summed E-state index contributed by atoms with van der Waals surface area (Å²) < 4.78 is 0. The van der Waals surface area contributed by atoms with Gasteiger partial charge >= 0.3 is 0 Å². The maximum atomic E-state index is 12.6.